The average molecular weight is 177 g/mol. The van der Waals surface area contributed by atoms with Crippen LogP contribution in [0.2, 0.25) is 0 Å². The van der Waals surface area contributed by atoms with Crippen LogP contribution in [-0.2, 0) is 0 Å². The lowest BCUT2D eigenvalue weighted by molar-refractivity contribution is 0.629. The highest BCUT2D eigenvalue weighted by molar-refractivity contribution is 5.91. The smallest absolute Gasteiger partial charge is 0.147 e. The molecule has 13 heavy (non-hydrogen) atoms. The molecule has 3 N–H and O–H groups in total. The number of fused-ring (bicyclic) bond motifs is 1. The summed E-state index contributed by atoms with van der Waals surface area (Å²) < 4.78 is 12.9. The van der Waals surface area contributed by atoms with Crippen LogP contribution in [0.15, 0.2) is 30.5 Å². The molecule has 0 spiro atoms. The van der Waals surface area contributed by atoms with Gasteiger partial charge in [-0.25, -0.2) is 15.2 Å². The Labute approximate surface area is 74.4 Å². The Morgan fingerprint density at radius 1 is 1.31 bits per heavy atom. The second-order valence-corrected chi connectivity index (χ2v) is 2.67. The van der Waals surface area contributed by atoms with Crippen molar-refractivity contribution in [2.24, 2.45) is 5.84 Å². The first-order chi connectivity index (χ1) is 6.31. The van der Waals surface area contributed by atoms with Crippen LogP contribution in [-0.4, -0.2) is 4.98 Å². The first-order valence-corrected chi connectivity index (χ1v) is 3.82. The highest BCUT2D eigenvalue weighted by atomic mass is 19.1. The highest BCUT2D eigenvalue weighted by Gasteiger charge is 2.01. The molecule has 1 heterocycles. The second-order valence-electron chi connectivity index (χ2n) is 2.67. The quantitative estimate of drug-likeness (QED) is 0.514. The van der Waals surface area contributed by atoms with Gasteiger partial charge in [0.25, 0.3) is 0 Å². The third-order valence-corrected chi connectivity index (χ3v) is 1.86. The first-order valence-electron chi connectivity index (χ1n) is 3.82. The summed E-state index contributed by atoms with van der Waals surface area (Å²) >= 11 is 0. The van der Waals surface area contributed by atoms with Gasteiger partial charge in [-0.3, -0.25) is 0 Å². The van der Waals surface area contributed by atoms with Crippen molar-refractivity contribution in [3.63, 3.8) is 0 Å². The van der Waals surface area contributed by atoms with Crippen molar-refractivity contribution in [3.05, 3.63) is 36.3 Å². The van der Waals surface area contributed by atoms with E-state index in [1.165, 1.54) is 12.1 Å². The van der Waals surface area contributed by atoms with Crippen LogP contribution in [0.25, 0.3) is 10.8 Å². The number of pyridine rings is 1. The number of nitrogens with two attached hydrogens (primary N) is 1. The largest absolute Gasteiger partial charge is 0.308 e. The topological polar surface area (TPSA) is 50.9 Å². The Morgan fingerprint density at radius 2 is 2.15 bits per heavy atom. The van der Waals surface area contributed by atoms with Gasteiger partial charge in [-0.15, -0.1) is 0 Å². The fourth-order valence-corrected chi connectivity index (χ4v) is 1.26. The molecule has 0 aliphatic heterocycles. The molecule has 0 amide bonds. The van der Waals surface area contributed by atoms with Gasteiger partial charge in [0, 0.05) is 11.6 Å². The molecule has 0 bridgehead atoms. The van der Waals surface area contributed by atoms with Crippen molar-refractivity contribution in [1.82, 2.24) is 4.98 Å². The van der Waals surface area contributed by atoms with Gasteiger partial charge in [0.05, 0.1) is 0 Å². The molecule has 0 unspecified atom stereocenters. The predicted molar refractivity (Wildman–Crippen MR) is 49.5 cm³/mol. The van der Waals surface area contributed by atoms with E-state index in [2.05, 4.69) is 10.4 Å². The molecular weight excluding hydrogens is 169 g/mol. The molecule has 0 saturated carbocycles. The van der Waals surface area contributed by atoms with Gasteiger partial charge in [-0.1, -0.05) is 6.07 Å². The van der Waals surface area contributed by atoms with Crippen LogP contribution in [0.5, 0.6) is 0 Å². The first kappa shape index (κ1) is 7.94. The molecule has 0 atom stereocenters. The molecular formula is C9H8FN3. The van der Waals surface area contributed by atoms with Crippen LogP contribution in [0.4, 0.5) is 10.2 Å². The van der Waals surface area contributed by atoms with Gasteiger partial charge < -0.3 is 5.43 Å². The van der Waals surface area contributed by atoms with Crippen LogP contribution in [0, 0.1) is 5.82 Å². The number of nitrogens with zero attached hydrogens (tertiary/aromatic N) is 1. The molecule has 0 aliphatic rings. The Bertz CT molecular complexity index is 442. The van der Waals surface area contributed by atoms with Crippen LogP contribution in [0.3, 0.4) is 0 Å². The van der Waals surface area contributed by atoms with Crippen molar-refractivity contribution in [2.45, 2.75) is 0 Å². The fourth-order valence-electron chi connectivity index (χ4n) is 1.26. The summed E-state index contributed by atoms with van der Waals surface area (Å²) in [5.41, 5.74) is 2.42. The summed E-state index contributed by atoms with van der Waals surface area (Å²) in [6, 6.07) is 6.29. The monoisotopic (exact) mass is 177 g/mol. The number of anilines is 1. The molecule has 66 valence electrons. The van der Waals surface area contributed by atoms with Crippen LogP contribution >= 0.6 is 0 Å². The summed E-state index contributed by atoms with van der Waals surface area (Å²) in [4.78, 5) is 3.96. The number of halogens is 1. The zero-order valence-electron chi connectivity index (χ0n) is 6.79. The molecule has 0 radical (unpaired) electrons. The minimum absolute atomic E-state index is 0.294. The molecule has 4 heteroatoms. The zero-order chi connectivity index (χ0) is 9.26. The van der Waals surface area contributed by atoms with Crippen molar-refractivity contribution < 1.29 is 4.39 Å². The third-order valence-electron chi connectivity index (χ3n) is 1.86. The van der Waals surface area contributed by atoms with Gasteiger partial charge in [0.2, 0.25) is 0 Å². The molecule has 1 aromatic carbocycles. The van der Waals surface area contributed by atoms with E-state index in [-0.39, 0.29) is 5.82 Å². The molecule has 3 nitrogen and oxygen atoms in total. The maximum Gasteiger partial charge on any atom is 0.147 e. The molecule has 2 rings (SSSR count). The summed E-state index contributed by atoms with van der Waals surface area (Å²) in [6.45, 7) is 0. The summed E-state index contributed by atoms with van der Waals surface area (Å²) in [6.07, 6.45) is 1.62. The van der Waals surface area contributed by atoms with E-state index in [0.717, 1.165) is 5.39 Å². The Kier molecular flexibility index (Phi) is 1.83. The highest BCUT2D eigenvalue weighted by Crippen LogP contribution is 2.20. The zero-order valence-corrected chi connectivity index (χ0v) is 6.79. The second kappa shape index (κ2) is 2.99. The molecule has 2 aromatic rings. The SMILES string of the molecule is NNc1nccc2ccc(F)cc12. The fraction of sp³-hybridized carbons (Fsp3) is 0. The number of hydrazine groups is 1. The summed E-state index contributed by atoms with van der Waals surface area (Å²) in [5, 5.41) is 1.59. The van der Waals surface area contributed by atoms with Gasteiger partial charge in [0.1, 0.15) is 11.6 Å². The van der Waals surface area contributed by atoms with Crippen molar-refractivity contribution in [2.75, 3.05) is 5.43 Å². The molecule has 0 saturated heterocycles. The van der Waals surface area contributed by atoms with E-state index >= 15 is 0 Å². The van der Waals surface area contributed by atoms with Crippen LogP contribution < -0.4 is 11.3 Å². The Hall–Kier alpha value is -1.68. The number of hydrogen-bond donors (Lipinski definition) is 2. The van der Waals surface area contributed by atoms with Gasteiger partial charge in [-0.05, 0) is 23.6 Å². The van der Waals surface area contributed by atoms with E-state index in [0.29, 0.717) is 11.2 Å². The van der Waals surface area contributed by atoms with Gasteiger partial charge in [-0.2, -0.15) is 0 Å². The number of benzene rings is 1. The maximum absolute atomic E-state index is 12.9. The Balaban J connectivity index is 2.79. The summed E-state index contributed by atoms with van der Waals surface area (Å²) in [7, 11) is 0. The number of aromatic nitrogens is 1. The van der Waals surface area contributed by atoms with Gasteiger partial charge in [0.15, 0.2) is 0 Å². The molecule has 0 fully saturated rings. The van der Waals surface area contributed by atoms with Crippen molar-refractivity contribution >= 4 is 16.6 Å². The number of nitrogen functional groups attached to an aromatic ring is 1. The molecule has 1 aromatic heterocycles. The van der Waals surface area contributed by atoms with Crippen LogP contribution in [0.1, 0.15) is 0 Å². The summed E-state index contributed by atoms with van der Waals surface area (Å²) in [5.74, 6) is 5.42. The average Bonchev–Trinajstić information content (AvgIpc) is 2.17. The van der Waals surface area contributed by atoms with E-state index in [1.807, 2.05) is 0 Å². The standard InChI is InChI=1S/C9H8FN3/c10-7-2-1-6-3-4-12-9(13-11)8(6)5-7/h1-5H,11H2,(H,12,13). The predicted octanol–water partition coefficient (Wildman–Crippen LogP) is 1.66. The molecule has 0 aliphatic carbocycles. The third kappa shape index (κ3) is 1.31. The lowest BCUT2D eigenvalue weighted by atomic mass is 10.1. The maximum atomic E-state index is 12.9. The van der Waals surface area contributed by atoms with E-state index in [9.17, 15) is 4.39 Å². The Morgan fingerprint density at radius 3 is 2.92 bits per heavy atom. The van der Waals surface area contributed by atoms with E-state index in [4.69, 9.17) is 5.84 Å². The minimum Gasteiger partial charge on any atom is -0.308 e. The van der Waals surface area contributed by atoms with E-state index < -0.39 is 0 Å². The minimum atomic E-state index is -0.294. The van der Waals surface area contributed by atoms with E-state index in [1.54, 1.807) is 18.3 Å². The normalized spacial score (nSPS) is 10.3. The lowest BCUT2D eigenvalue weighted by Gasteiger charge is -2.03. The lowest BCUT2D eigenvalue weighted by Crippen LogP contribution is -2.08. The number of hydrogen-bond acceptors (Lipinski definition) is 3. The number of rotatable bonds is 1. The number of nitrogens with one attached hydrogen (secondary N) is 1. The van der Waals surface area contributed by atoms with Gasteiger partial charge >= 0.3 is 0 Å². The van der Waals surface area contributed by atoms with Crippen molar-refractivity contribution in [1.29, 1.82) is 0 Å². The van der Waals surface area contributed by atoms with Crippen molar-refractivity contribution in [3.8, 4) is 0 Å².